The van der Waals surface area contributed by atoms with Gasteiger partial charge in [-0.15, -0.1) is 0 Å². The molecule has 1 fully saturated rings. The zero-order valence-electron chi connectivity index (χ0n) is 40.0. The van der Waals surface area contributed by atoms with Crippen molar-refractivity contribution in [2.75, 3.05) is 56.6 Å². The molecule has 4 amide bonds. The summed E-state index contributed by atoms with van der Waals surface area (Å²) in [5.41, 5.74) is 6.52. The Labute approximate surface area is 421 Å². The minimum Gasteiger partial charge on any atom is -0.370 e. The van der Waals surface area contributed by atoms with E-state index in [-0.39, 0.29) is 55.4 Å². The van der Waals surface area contributed by atoms with Gasteiger partial charge in [0.15, 0.2) is 0 Å². The van der Waals surface area contributed by atoms with Crippen molar-refractivity contribution >= 4 is 71.2 Å². The van der Waals surface area contributed by atoms with Crippen molar-refractivity contribution in [3.8, 4) is 11.3 Å². The molecule has 376 valence electrons. The summed E-state index contributed by atoms with van der Waals surface area (Å²) in [6.45, 7) is 8.25. The van der Waals surface area contributed by atoms with E-state index in [1.807, 2.05) is 50.2 Å². The highest BCUT2D eigenvalue weighted by Gasteiger charge is 2.26. The molecule has 0 saturated carbocycles. The maximum absolute atomic E-state index is 15.0. The number of hydrazone groups is 1. The molecule has 1 aromatic heterocycles. The molecule has 7 rings (SSSR count). The van der Waals surface area contributed by atoms with E-state index >= 15 is 0 Å². The van der Waals surface area contributed by atoms with Crippen molar-refractivity contribution in [2.45, 2.75) is 64.7 Å². The molecule has 0 radical (unpaired) electrons. The van der Waals surface area contributed by atoms with Gasteiger partial charge in [-0.3, -0.25) is 34.5 Å². The summed E-state index contributed by atoms with van der Waals surface area (Å²) < 4.78 is 35.6. The predicted molar refractivity (Wildman–Crippen MR) is 275 cm³/mol. The average Bonchev–Trinajstić information content (AvgIpc) is 3.52. The first-order chi connectivity index (χ1) is 34.9. The molecule has 20 heteroatoms. The van der Waals surface area contributed by atoms with Gasteiger partial charge in [-0.1, -0.05) is 48.0 Å². The molecule has 4 aromatic carbocycles. The average molecular weight is 1000 g/mol. The minimum atomic E-state index is -0.728. The molecule has 1 atom stereocenters. The number of likely N-dealkylation sites (tertiary alicyclic amines) is 1. The third-order valence-electron chi connectivity index (χ3n) is 12.5. The highest BCUT2D eigenvalue weighted by molar-refractivity contribution is 6.38. The SMILES string of the molecule is Cc1cccc(NC(=O)COCCNCCN2CCC(N=CC(=NN)c3ccc(Nc4ncc5c(n4)-c4ccc(Cl)cc4C(c4c(F)cccc4F)=NC5)cc3)CC2)c1CN(C=O)C(C)CCC(=O)NC=O. The number of carbonyl (C=O) groups is 4. The smallest absolute Gasteiger partial charge is 0.250 e. The summed E-state index contributed by atoms with van der Waals surface area (Å²) >= 11 is 6.38. The quantitative estimate of drug-likeness (QED) is 0.0160. The Morgan fingerprint density at radius 2 is 1.76 bits per heavy atom. The number of fused-ring (bicyclic) bond motifs is 3. The van der Waals surface area contributed by atoms with E-state index < -0.39 is 17.5 Å². The lowest BCUT2D eigenvalue weighted by atomic mass is 9.95. The Morgan fingerprint density at radius 1 is 1.00 bits per heavy atom. The Balaban J connectivity index is 0.813. The zero-order chi connectivity index (χ0) is 51.0. The molecule has 1 unspecified atom stereocenters. The molecular formula is C52H57ClF2N12O5. The first-order valence-corrected chi connectivity index (χ1v) is 24.0. The molecule has 6 N–H and O–H groups in total. The first kappa shape index (κ1) is 52.5. The summed E-state index contributed by atoms with van der Waals surface area (Å²) in [5, 5.41) is 16.0. The van der Waals surface area contributed by atoms with Crippen LogP contribution in [0.15, 0.2) is 100 Å². The van der Waals surface area contributed by atoms with Gasteiger partial charge in [-0.25, -0.2) is 18.7 Å². The Morgan fingerprint density at radius 3 is 2.50 bits per heavy atom. The largest absolute Gasteiger partial charge is 0.370 e. The van der Waals surface area contributed by atoms with Gasteiger partial charge >= 0.3 is 0 Å². The number of hydrogen-bond donors (Lipinski definition) is 5. The molecule has 0 aliphatic carbocycles. The predicted octanol–water partition coefficient (Wildman–Crippen LogP) is 6.32. The van der Waals surface area contributed by atoms with Crippen molar-refractivity contribution in [3.05, 3.63) is 135 Å². The number of nitrogens with two attached hydrogens (primary N) is 1. The molecule has 72 heavy (non-hydrogen) atoms. The second-order valence-corrected chi connectivity index (χ2v) is 17.8. The number of halogens is 3. The fourth-order valence-electron chi connectivity index (χ4n) is 8.44. The number of amides is 4. The normalized spacial score (nSPS) is 14.4. The van der Waals surface area contributed by atoms with E-state index in [1.165, 1.54) is 18.2 Å². The van der Waals surface area contributed by atoms with Crippen LogP contribution in [-0.4, -0.2) is 120 Å². The molecule has 3 heterocycles. The van der Waals surface area contributed by atoms with E-state index in [0.29, 0.717) is 76.4 Å². The van der Waals surface area contributed by atoms with Gasteiger partial charge in [0.2, 0.25) is 30.6 Å². The van der Waals surface area contributed by atoms with Crippen LogP contribution in [0, 0.1) is 18.6 Å². The van der Waals surface area contributed by atoms with Crippen molar-refractivity contribution in [1.82, 2.24) is 30.4 Å². The molecule has 1 saturated heterocycles. The van der Waals surface area contributed by atoms with Crippen molar-refractivity contribution < 1.29 is 32.7 Å². The van der Waals surface area contributed by atoms with Crippen LogP contribution in [0.2, 0.25) is 5.02 Å². The van der Waals surface area contributed by atoms with Gasteiger partial charge < -0.3 is 36.3 Å². The summed E-state index contributed by atoms with van der Waals surface area (Å²) in [7, 11) is 0. The first-order valence-electron chi connectivity index (χ1n) is 23.6. The fourth-order valence-corrected chi connectivity index (χ4v) is 8.61. The van der Waals surface area contributed by atoms with Gasteiger partial charge in [0, 0.05) is 103 Å². The van der Waals surface area contributed by atoms with Gasteiger partial charge in [0.1, 0.15) is 24.0 Å². The summed E-state index contributed by atoms with van der Waals surface area (Å²) in [4.78, 5) is 69.7. The molecule has 2 aliphatic rings. The lowest BCUT2D eigenvalue weighted by molar-refractivity contribution is -0.127. The number of aromatic nitrogens is 2. The van der Waals surface area contributed by atoms with Gasteiger partial charge in [-0.2, -0.15) is 5.10 Å². The molecule has 5 aromatic rings. The lowest BCUT2D eigenvalue weighted by Crippen LogP contribution is -2.40. The Bertz CT molecular complexity index is 2800. The molecule has 0 bridgehead atoms. The summed E-state index contributed by atoms with van der Waals surface area (Å²) in [6, 6.07) is 21.6. The van der Waals surface area contributed by atoms with Crippen LogP contribution < -0.4 is 27.1 Å². The minimum absolute atomic E-state index is 0.0946. The van der Waals surface area contributed by atoms with E-state index in [9.17, 15) is 28.0 Å². The third-order valence-corrected chi connectivity index (χ3v) is 12.7. The number of nitrogens with one attached hydrogen (secondary N) is 4. The fraction of sp³-hybridized carbons (Fsp3) is 0.327. The number of carbonyl (C=O) groups excluding carboxylic acids is 4. The van der Waals surface area contributed by atoms with Crippen molar-refractivity contribution in [3.63, 3.8) is 0 Å². The van der Waals surface area contributed by atoms with Crippen LogP contribution >= 0.6 is 11.6 Å². The number of hydrogen-bond acceptors (Lipinski definition) is 14. The van der Waals surface area contributed by atoms with Crippen LogP contribution in [0.3, 0.4) is 0 Å². The number of nitrogens with zero attached hydrogens (tertiary/aromatic N) is 7. The van der Waals surface area contributed by atoms with Crippen LogP contribution in [-0.2, 0) is 37.0 Å². The Hall–Kier alpha value is -7.32. The standard InChI is InChI=1S/C52H57ClF2N12O5/c1-33-5-3-8-45(42(33)29-67(32-69)34(2)9-16-47(70)61-31-68)63-48(71)30-72-24-20-57-19-23-66-21-17-38(18-22-66)58-28-46(65-56)35-10-13-39(14-11-35)62-52-60-27-36-26-59-51(49-43(54)6-4-7-44(49)55)41-25-37(53)12-15-40(41)50(36)64-52/h3-8,10-15,25,27-28,31-32,34,38,57H,9,16-24,26,29-30,56H2,1-2H3,(H,63,71)(H,60,62,64)(H,61,68,70). The number of aliphatic imine (C=N–C) groups is 2. The highest BCUT2D eigenvalue weighted by Crippen LogP contribution is 2.35. The second kappa shape index (κ2) is 25.7. The van der Waals surface area contributed by atoms with E-state index in [2.05, 4.69) is 41.2 Å². The number of aryl methyl sites for hydroxylation is 1. The lowest BCUT2D eigenvalue weighted by Gasteiger charge is -2.30. The molecule has 2 aliphatic heterocycles. The van der Waals surface area contributed by atoms with E-state index in [4.69, 9.17) is 32.2 Å². The monoisotopic (exact) mass is 1000 g/mol. The summed E-state index contributed by atoms with van der Waals surface area (Å²) in [6.07, 6.45) is 6.67. The van der Waals surface area contributed by atoms with Gasteiger partial charge in [0.25, 0.3) is 0 Å². The van der Waals surface area contributed by atoms with Gasteiger partial charge in [-0.05, 0) is 86.7 Å². The molecule has 0 spiro atoms. The van der Waals surface area contributed by atoms with E-state index in [1.54, 1.807) is 41.6 Å². The molecule has 17 nitrogen and oxygen atoms in total. The van der Waals surface area contributed by atoms with Crippen LogP contribution in [0.25, 0.3) is 11.3 Å². The van der Waals surface area contributed by atoms with Crippen LogP contribution in [0.4, 0.5) is 26.1 Å². The zero-order valence-corrected chi connectivity index (χ0v) is 40.8. The number of benzene rings is 4. The number of piperidine rings is 1. The Kier molecular flexibility index (Phi) is 18.7. The number of rotatable bonds is 23. The number of imide groups is 1. The van der Waals surface area contributed by atoms with E-state index in [0.717, 1.165) is 62.1 Å². The van der Waals surface area contributed by atoms with Crippen molar-refractivity contribution in [1.29, 1.82) is 0 Å². The maximum atomic E-state index is 15.0. The number of ether oxygens (including phenoxy) is 1. The number of anilines is 3. The van der Waals surface area contributed by atoms with Crippen LogP contribution in [0.1, 0.15) is 66.0 Å². The highest BCUT2D eigenvalue weighted by atomic mass is 35.5. The van der Waals surface area contributed by atoms with Gasteiger partial charge in [0.05, 0.1) is 36.2 Å². The third kappa shape index (κ3) is 14.0. The maximum Gasteiger partial charge on any atom is 0.250 e. The summed E-state index contributed by atoms with van der Waals surface area (Å²) in [5.74, 6) is 3.96. The second-order valence-electron chi connectivity index (χ2n) is 17.4. The molecular weight excluding hydrogens is 946 g/mol. The topological polar surface area (TPSA) is 221 Å². The van der Waals surface area contributed by atoms with Crippen LogP contribution in [0.5, 0.6) is 0 Å². The van der Waals surface area contributed by atoms with Crippen molar-refractivity contribution in [2.24, 2.45) is 20.9 Å².